The summed E-state index contributed by atoms with van der Waals surface area (Å²) >= 11 is 0. The number of rotatable bonds is 1. The number of carbonyl (C=O) groups is 1. The van der Waals surface area contributed by atoms with E-state index in [1.165, 1.54) is 6.42 Å². The summed E-state index contributed by atoms with van der Waals surface area (Å²) < 4.78 is 5.43. The van der Waals surface area contributed by atoms with Crippen LogP contribution < -0.4 is 5.73 Å². The van der Waals surface area contributed by atoms with Crippen LogP contribution in [-0.4, -0.2) is 59.8 Å². The van der Waals surface area contributed by atoms with Crippen molar-refractivity contribution in [2.75, 3.05) is 26.2 Å². The Kier molecular flexibility index (Phi) is 7.63. The zero-order chi connectivity index (χ0) is 16.8. The summed E-state index contributed by atoms with van der Waals surface area (Å²) in [6.07, 6.45) is 4.24. The van der Waals surface area contributed by atoms with Gasteiger partial charge in [-0.15, -0.1) is 0 Å². The van der Waals surface area contributed by atoms with E-state index in [1.807, 2.05) is 39.5 Å². The quantitative estimate of drug-likeness (QED) is 0.808. The normalized spacial score (nSPS) is 24.5. The highest BCUT2D eigenvalue weighted by Crippen LogP contribution is 2.21. The standard InChI is InChI=1S/C15H29N3O2.C2H6/c1-15(2,3)20-14(19)17-9-6-13(7-10-17)18-8-4-5-12(16)11-18;1-2/h12-13H,4-11,16H2,1-3H3;1-2H3. The second-order valence-corrected chi connectivity index (χ2v) is 7.10. The minimum atomic E-state index is -0.409. The first kappa shape index (κ1) is 19.2. The molecule has 2 fully saturated rings. The first-order valence-corrected chi connectivity index (χ1v) is 8.83. The van der Waals surface area contributed by atoms with Crippen LogP contribution in [0.15, 0.2) is 0 Å². The average Bonchev–Trinajstić information content (AvgIpc) is 2.48. The molecule has 1 unspecified atom stereocenters. The Morgan fingerprint density at radius 2 is 1.68 bits per heavy atom. The Labute approximate surface area is 136 Å². The lowest BCUT2D eigenvalue weighted by atomic mass is 9.98. The molecule has 2 aliphatic rings. The number of amides is 1. The summed E-state index contributed by atoms with van der Waals surface area (Å²) in [5.41, 5.74) is 5.64. The molecule has 0 aliphatic carbocycles. The van der Waals surface area contributed by atoms with Gasteiger partial charge in [0.1, 0.15) is 5.60 Å². The number of hydrogen-bond donors (Lipinski definition) is 1. The zero-order valence-electron chi connectivity index (χ0n) is 15.1. The maximum absolute atomic E-state index is 12.0. The fourth-order valence-electron chi connectivity index (χ4n) is 3.11. The lowest BCUT2D eigenvalue weighted by Crippen LogP contribution is -2.52. The first-order valence-electron chi connectivity index (χ1n) is 8.83. The Bertz CT molecular complexity index is 333. The van der Waals surface area contributed by atoms with Gasteiger partial charge in [-0.05, 0) is 53.0 Å². The van der Waals surface area contributed by atoms with Gasteiger partial charge in [0, 0.05) is 31.7 Å². The van der Waals surface area contributed by atoms with Crippen LogP contribution in [0.1, 0.15) is 60.3 Å². The molecule has 2 N–H and O–H groups in total. The molecular weight excluding hydrogens is 278 g/mol. The van der Waals surface area contributed by atoms with Crippen LogP contribution in [0.2, 0.25) is 0 Å². The zero-order valence-corrected chi connectivity index (χ0v) is 15.1. The minimum absolute atomic E-state index is 0.175. The molecule has 5 heteroatoms. The van der Waals surface area contributed by atoms with Crippen molar-refractivity contribution in [3.8, 4) is 0 Å². The van der Waals surface area contributed by atoms with E-state index in [0.717, 1.165) is 45.4 Å². The van der Waals surface area contributed by atoms with Gasteiger partial charge in [-0.3, -0.25) is 4.90 Å². The van der Waals surface area contributed by atoms with Crippen molar-refractivity contribution in [3.63, 3.8) is 0 Å². The van der Waals surface area contributed by atoms with Crippen LogP contribution in [0.25, 0.3) is 0 Å². The van der Waals surface area contributed by atoms with Crippen molar-refractivity contribution in [1.29, 1.82) is 0 Å². The number of likely N-dealkylation sites (tertiary alicyclic amines) is 2. The molecule has 0 radical (unpaired) electrons. The lowest BCUT2D eigenvalue weighted by Gasteiger charge is -2.41. The van der Waals surface area contributed by atoms with E-state index in [1.54, 1.807) is 0 Å². The molecule has 5 nitrogen and oxygen atoms in total. The molecule has 0 aromatic rings. The summed E-state index contributed by atoms with van der Waals surface area (Å²) in [5.74, 6) is 0. The number of carbonyl (C=O) groups excluding carboxylic acids is 1. The number of nitrogens with zero attached hydrogens (tertiary/aromatic N) is 2. The third-order valence-electron chi connectivity index (χ3n) is 4.12. The van der Waals surface area contributed by atoms with E-state index in [9.17, 15) is 4.79 Å². The van der Waals surface area contributed by atoms with Crippen molar-refractivity contribution in [2.45, 2.75) is 78.0 Å². The molecule has 0 saturated carbocycles. The smallest absolute Gasteiger partial charge is 0.410 e. The highest BCUT2D eigenvalue weighted by molar-refractivity contribution is 5.68. The molecule has 2 heterocycles. The molecule has 0 bridgehead atoms. The van der Waals surface area contributed by atoms with Crippen molar-refractivity contribution >= 4 is 6.09 Å². The average molecular weight is 313 g/mol. The van der Waals surface area contributed by atoms with Crippen LogP contribution in [0.5, 0.6) is 0 Å². The van der Waals surface area contributed by atoms with E-state index in [4.69, 9.17) is 10.5 Å². The van der Waals surface area contributed by atoms with Gasteiger partial charge in [-0.2, -0.15) is 0 Å². The second-order valence-electron chi connectivity index (χ2n) is 7.10. The molecule has 0 aromatic carbocycles. The maximum Gasteiger partial charge on any atom is 0.410 e. The maximum atomic E-state index is 12.0. The lowest BCUT2D eigenvalue weighted by molar-refractivity contribution is 0.0125. The summed E-state index contributed by atoms with van der Waals surface area (Å²) in [7, 11) is 0. The summed E-state index contributed by atoms with van der Waals surface area (Å²) in [5, 5.41) is 0. The van der Waals surface area contributed by atoms with Crippen molar-refractivity contribution in [1.82, 2.24) is 9.80 Å². The third-order valence-corrected chi connectivity index (χ3v) is 4.12. The van der Waals surface area contributed by atoms with Gasteiger partial charge in [-0.25, -0.2) is 4.79 Å². The Morgan fingerprint density at radius 3 is 2.18 bits per heavy atom. The van der Waals surface area contributed by atoms with E-state index >= 15 is 0 Å². The minimum Gasteiger partial charge on any atom is -0.444 e. The van der Waals surface area contributed by atoms with E-state index in [-0.39, 0.29) is 6.09 Å². The molecule has 0 spiro atoms. The largest absolute Gasteiger partial charge is 0.444 e. The van der Waals surface area contributed by atoms with Gasteiger partial charge in [0.25, 0.3) is 0 Å². The topological polar surface area (TPSA) is 58.8 Å². The molecule has 2 rings (SSSR count). The van der Waals surface area contributed by atoms with E-state index in [0.29, 0.717) is 12.1 Å². The van der Waals surface area contributed by atoms with E-state index < -0.39 is 5.60 Å². The predicted octanol–water partition coefficient (Wildman–Crippen LogP) is 2.84. The molecule has 2 aliphatic heterocycles. The Morgan fingerprint density at radius 1 is 1.09 bits per heavy atom. The van der Waals surface area contributed by atoms with Crippen LogP contribution in [0.4, 0.5) is 4.79 Å². The van der Waals surface area contributed by atoms with Crippen LogP contribution in [-0.2, 0) is 4.74 Å². The summed E-state index contributed by atoms with van der Waals surface area (Å²) in [4.78, 5) is 16.4. The molecule has 130 valence electrons. The fraction of sp³-hybridized carbons (Fsp3) is 0.941. The monoisotopic (exact) mass is 313 g/mol. The number of nitrogens with two attached hydrogens (primary N) is 1. The summed E-state index contributed by atoms with van der Waals surface area (Å²) in [6, 6.07) is 0.910. The van der Waals surface area contributed by atoms with Crippen LogP contribution in [0.3, 0.4) is 0 Å². The fourth-order valence-corrected chi connectivity index (χ4v) is 3.11. The Balaban J connectivity index is 0.00000116. The van der Waals surface area contributed by atoms with Crippen molar-refractivity contribution in [2.24, 2.45) is 5.73 Å². The predicted molar refractivity (Wildman–Crippen MR) is 91.0 cm³/mol. The van der Waals surface area contributed by atoms with Crippen LogP contribution in [0, 0.1) is 0 Å². The third kappa shape index (κ3) is 6.13. The van der Waals surface area contributed by atoms with Gasteiger partial charge in [-0.1, -0.05) is 13.8 Å². The highest BCUT2D eigenvalue weighted by atomic mass is 16.6. The molecule has 1 atom stereocenters. The molecule has 22 heavy (non-hydrogen) atoms. The van der Waals surface area contributed by atoms with Gasteiger partial charge >= 0.3 is 6.09 Å². The van der Waals surface area contributed by atoms with Gasteiger partial charge in [0.2, 0.25) is 0 Å². The molecule has 1 amide bonds. The second kappa shape index (κ2) is 8.73. The SMILES string of the molecule is CC.CC(C)(C)OC(=O)N1CCC(N2CCCC(N)C2)CC1. The Hall–Kier alpha value is -0.810. The first-order chi connectivity index (χ1) is 10.3. The van der Waals surface area contributed by atoms with Gasteiger partial charge < -0.3 is 15.4 Å². The molecule has 2 saturated heterocycles. The van der Waals surface area contributed by atoms with Gasteiger partial charge in [0.05, 0.1) is 0 Å². The number of hydrogen-bond acceptors (Lipinski definition) is 4. The number of piperidine rings is 2. The van der Waals surface area contributed by atoms with E-state index in [2.05, 4.69) is 4.90 Å². The summed E-state index contributed by atoms with van der Waals surface area (Å²) in [6.45, 7) is 13.5. The molecule has 0 aromatic heterocycles. The van der Waals surface area contributed by atoms with Crippen molar-refractivity contribution in [3.05, 3.63) is 0 Å². The van der Waals surface area contributed by atoms with Crippen molar-refractivity contribution < 1.29 is 9.53 Å². The highest BCUT2D eigenvalue weighted by Gasteiger charge is 2.30. The number of ether oxygens (including phenoxy) is 1. The van der Waals surface area contributed by atoms with Crippen LogP contribution >= 0.6 is 0 Å². The van der Waals surface area contributed by atoms with Gasteiger partial charge in [0.15, 0.2) is 0 Å². The molecular formula is C17H35N3O2.